The van der Waals surface area contributed by atoms with E-state index in [0.29, 0.717) is 25.0 Å². The number of benzene rings is 1. The first kappa shape index (κ1) is 47.5. The lowest BCUT2D eigenvalue weighted by Gasteiger charge is -2.33. The first-order valence-corrected chi connectivity index (χ1v) is 21.1. The molecule has 0 aliphatic heterocycles. The third kappa shape index (κ3) is 15.4. The van der Waals surface area contributed by atoms with Gasteiger partial charge in [0.25, 0.3) is 0 Å². The minimum absolute atomic E-state index is 0.0175. The lowest BCUT2D eigenvalue weighted by atomic mass is 9.83. The Labute approximate surface area is 352 Å². The van der Waals surface area contributed by atoms with Gasteiger partial charge in [0.05, 0.1) is 43.6 Å². The Morgan fingerprint density at radius 3 is 2.13 bits per heavy atom. The lowest BCUT2D eigenvalue weighted by Crippen LogP contribution is -2.59. The van der Waals surface area contributed by atoms with Gasteiger partial charge in [-0.05, 0) is 48.8 Å². The van der Waals surface area contributed by atoms with Gasteiger partial charge in [0.15, 0.2) is 0 Å². The van der Waals surface area contributed by atoms with Crippen LogP contribution in [0.4, 0.5) is 0 Å². The number of pyridine rings is 1. The molecular weight excluding hydrogens is 769 g/mol. The average molecular weight is 833 g/mol. The number of rotatable bonds is 24. The van der Waals surface area contributed by atoms with Gasteiger partial charge in [0.2, 0.25) is 29.5 Å². The van der Waals surface area contributed by atoms with Crippen molar-refractivity contribution in [1.29, 1.82) is 0 Å². The minimum Gasteiger partial charge on any atom is -0.394 e. The molecule has 2 heterocycles. The number of aliphatic hydroxyl groups excluding tert-OH is 3. The van der Waals surface area contributed by atoms with Crippen LogP contribution in [0, 0.1) is 11.8 Å². The molecule has 1 aliphatic rings. The van der Waals surface area contributed by atoms with Crippen molar-refractivity contribution in [2.24, 2.45) is 11.8 Å². The largest absolute Gasteiger partial charge is 0.394 e. The fourth-order valence-corrected chi connectivity index (χ4v) is 7.38. The molecule has 16 heteroatoms. The van der Waals surface area contributed by atoms with E-state index in [1.807, 2.05) is 43.3 Å². The SMILES string of the molecule is CCC(C)[C@H](NC(=O)C[C@H](O)[C@H](CC1CCCCC1)NC(=O)[C@H](Cc1cnc[nH]1)NC(=O)[C@H](Cc1ccccc1)NC(=O)CCc1cccnc1)C(=O)NC(C)(CO)CO. The van der Waals surface area contributed by atoms with Gasteiger partial charge < -0.3 is 46.9 Å². The van der Waals surface area contributed by atoms with E-state index in [4.69, 9.17) is 0 Å². The van der Waals surface area contributed by atoms with Crippen molar-refractivity contribution in [3.8, 4) is 0 Å². The predicted molar refractivity (Wildman–Crippen MR) is 225 cm³/mol. The van der Waals surface area contributed by atoms with Crippen molar-refractivity contribution in [2.75, 3.05) is 13.2 Å². The maximum atomic E-state index is 14.3. The van der Waals surface area contributed by atoms with Crippen molar-refractivity contribution >= 4 is 29.5 Å². The van der Waals surface area contributed by atoms with Gasteiger partial charge in [-0.2, -0.15) is 0 Å². The first-order chi connectivity index (χ1) is 28.8. The number of nitrogens with zero attached hydrogens (tertiary/aromatic N) is 2. The van der Waals surface area contributed by atoms with E-state index in [0.717, 1.165) is 43.2 Å². The van der Waals surface area contributed by atoms with E-state index in [9.17, 15) is 39.3 Å². The molecule has 4 rings (SSSR count). The number of nitrogens with one attached hydrogen (secondary N) is 6. The highest BCUT2D eigenvalue weighted by Crippen LogP contribution is 2.28. The molecule has 1 aliphatic carbocycles. The molecule has 328 valence electrons. The third-order valence-corrected chi connectivity index (χ3v) is 11.3. The summed E-state index contributed by atoms with van der Waals surface area (Å²) in [6, 6.07) is 8.79. The molecular formula is C44H64N8O8. The molecule has 1 fully saturated rings. The number of carbonyl (C=O) groups excluding carboxylic acids is 5. The van der Waals surface area contributed by atoms with Gasteiger partial charge in [-0.25, -0.2) is 4.98 Å². The van der Waals surface area contributed by atoms with Crippen LogP contribution in [0.5, 0.6) is 0 Å². The van der Waals surface area contributed by atoms with Gasteiger partial charge in [-0.15, -0.1) is 0 Å². The number of amides is 5. The van der Waals surface area contributed by atoms with Crippen molar-refractivity contribution in [1.82, 2.24) is 41.5 Å². The molecule has 0 saturated heterocycles. The second-order valence-electron chi connectivity index (χ2n) is 16.4. The molecule has 16 nitrogen and oxygen atoms in total. The second-order valence-corrected chi connectivity index (χ2v) is 16.4. The van der Waals surface area contributed by atoms with E-state index in [1.54, 1.807) is 31.6 Å². The van der Waals surface area contributed by atoms with Crippen LogP contribution in [-0.2, 0) is 43.2 Å². The molecule has 0 spiro atoms. The van der Waals surface area contributed by atoms with Crippen molar-refractivity contribution in [3.05, 3.63) is 84.2 Å². The number of aromatic amines is 1. The number of carbonyl (C=O) groups is 5. The summed E-state index contributed by atoms with van der Waals surface area (Å²) in [6.07, 6.45) is 11.1. The highest BCUT2D eigenvalue weighted by atomic mass is 16.3. The number of H-pyrrole nitrogens is 1. The van der Waals surface area contributed by atoms with Crippen molar-refractivity contribution in [3.63, 3.8) is 0 Å². The molecule has 0 radical (unpaired) electrons. The number of aliphatic hydroxyl groups is 3. The van der Waals surface area contributed by atoms with E-state index < -0.39 is 79.1 Å². The van der Waals surface area contributed by atoms with Gasteiger partial charge in [-0.1, -0.05) is 88.8 Å². The van der Waals surface area contributed by atoms with Crippen LogP contribution in [0.3, 0.4) is 0 Å². The number of aromatic nitrogens is 3. The summed E-state index contributed by atoms with van der Waals surface area (Å²) < 4.78 is 0. The smallest absolute Gasteiger partial charge is 0.243 e. The van der Waals surface area contributed by atoms with Gasteiger partial charge in [0.1, 0.15) is 18.1 Å². The van der Waals surface area contributed by atoms with E-state index >= 15 is 0 Å². The zero-order valence-corrected chi connectivity index (χ0v) is 35.1. The van der Waals surface area contributed by atoms with Gasteiger partial charge in [0, 0.05) is 43.5 Å². The predicted octanol–water partition coefficient (Wildman–Crippen LogP) is 1.79. The number of aryl methyl sites for hydroxylation is 1. The van der Waals surface area contributed by atoms with Gasteiger partial charge in [-0.3, -0.25) is 29.0 Å². The highest BCUT2D eigenvalue weighted by molar-refractivity contribution is 5.93. The summed E-state index contributed by atoms with van der Waals surface area (Å²) in [5.41, 5.74) is 0.933. The highest BCUT2D eigenvalue weighted by Gasteiger charge is 2.35. The zero-order valence-electron chi connectivity index (χ0n) is 35.1. The van der Waals surface area contributed by atoms with Crippen molar-refractivity contribution in [2.45, 2.75) is 134 Å². The van der Waals surface area contributed by atoms with E-state index in [1.165, 1.54) is 13.3 Å². The molecule has 5 amide bonds. The average Bonchev–Trinajstić information content (AvgIpc) is 3.78. The van der Waals surface area contributed by atoms with Gasteiger partial charge >= 0.3 is 0 Å². The van der Waals surface area contributed by atoms with Crippen LogP contribution in [0.1, 0.15) is 95.4 Å². The molecule has 1 saturated carbocycles. The summed E-state index contributed by atoms with van der Waals surface area (Å²) in [5.74, 6) is -2.87. The number of hydrogen-bond acceptors (Lipinski definition) is 10. The van der Waals surface area contributed by atoms with Crippen LogP contribution < -0.4 is 26.6 Å². The Bertz CT molecular complexity index is 1770. The lowest BCUT2D eigenvalue weighted by molar-refractivity contribution is -0.134. The molecule has 6 atom stereocenters. The van der Waals surface area contributed by atoms with Crippen LogP contribution >= 0.6 is 0 Å². The third-order valence-electron chi connectivity index (χ3n) is 11.3. The standard InChI is InChI=1S/C44H64N8O8/c1-4-29(2)40(43(60)52-44(3,26-53)27-54)51-39(57)23-37(55)34(20-30-12-7-5-8-13-30)49-42(59)36(22-33-25-46-28-47-33)50-41(58)35(21-31-14-9-6-10-15-31)48-38(56)18-17-32-16-11-19-45-24-32/h6,9-11,14-16,19,24-25,28-30,34-37,40,53-55H,4-5,7-8,12-13,17-18,20-23,26-27H2,1-3H3,(H,46,47)(H,48,56)(H,49,59)(H,50,58)(H,51,57)(H,52,60)/t29?,34-,35-,36-,37-,40-/m0/s1. The Balaban J connectivity index is 1.53. The summed E-state index contributed by atoms with van der Waals surface area (Å²) in [6.45, 7) is 4.09. The summed E-state index contributed by atoms with van der Waals surface area (Å²) in [5, 5.41) is 45.2. The van der Waals surface area contributed by atoms with Crippen LogP contribution in [0.2, 0.25) is 0 Å². The van der Waals surface area contributed by atoms with Crippen molar-refractivity contribution < 1.29 is 39.3 Å². The molecule has 1 unspecified atom stereocenters. The van der Waals surface area contributed by atoms with Crippen LogP contribution in [-0.4, -0.2) is 109 Å². The zero-order chi connectivity index (χ0) is 43.5. The topological polar surface area (TPSA) is 248 Å². The fraction of sp³-hybridized carbons (Fsp3) is 0.568. The summed E-state index contributed by atoms with van der Waals surface area (Å²) in [4.78, 5) is 79.7. The minimum atomic E-state index is -1.36. The second kappa shape index (κ2) is 24.2. The molecule has 2 aromatic heterocycles. The van der Waals surface area contributed by atoms with E-state index in [-0.39, 0.29) is 37.0 Å². The monoisotopic (exact) mass is 832 g/mol. The van der Waals surface area contributed by atoms with E-state index in [2.05, 4.69) is 41.5 Å². The molecule has 3 aromatic rings. The number of imidazole rings is 1. The number of hydrogen-bond donors (Lipinski definition) is 9. The molecule has 9 N–H and O–H groups in total. The molecule has 60 heavy (non-hydrogen) atoms. The maximum absolute atomic E-state index is 14.3. The fourth-order valence-electron chi connectivity index (χ4n) is 7.38. The Hall–Kier alpha value is -5.19. The summed E-state index contributed by atoms with van der Waals surface area (Å²) >= 11 is 0. The van der Waals surface area contributed by atoms with Crippen LogP contribution in [0.25, 0.3) is 0 Å². The molecule has 0 bridgehead atoms. The first-order valence-electron chi connectivity index (χ1n) is 21.1. The molecule has 1 aromatic carbocycles. The quantitative estimate of drug-likeness (QED) is 0.0634. The Kier molecular flexibility index (Phi) is 19.1. The van der Waals surface area contributed by atoms with Crippen LogP contribution in [0.15, 0.2) is 67.4 Å². The summed E-state index contributed by atoms with van der Waals surface area (Å²) in [7, 11) is 0. The maximum Gasteiger partial charge on any atom is 0.243 e. The Morgan fingerprint density at radius 2 is 1.50 bits per heavy atom. The normalized spacial score (nSPS) is 16.3. The Morgan fingerprint density at radius 1 is 0.817 bits per heavy atom.